The van der Waals surface area contributed by atoms with Gasteiger partial charge in [-0.1, -0.05) is 160 Å². The molecular formula is C50H63NO11. The molecule has 11 atom stereocenters. The van der Waals surface area contributed by atoms with Gasteiger partial charge < -0.3 is 53.1 Å². The average molecular weight is 854 g/mol. The van der Waals surface area contributed by atoms with Crippen LogP contribution in [0.3, 0.4) is 0 Å². The first kappa shape index (κ1) is 46.0. The SMILES string of the molecule is CCCCCCCCO[C@@H]1O[C@@H]2CO[C@@H](c3ccccc3)O[C@H]2[C@H](O[C@@H]2O[C@H](COCc3ccccc3)[C@H](OCc3ccccc3)[C@H](OCc3ccccc3)[C@H]2O)[C@H]1NC(C)=O. The first-order valence-corrected chi connectivity index (χ1v) is 22.2. The third-order valence-electron chi connectivity index (χ3n) is 11.4. The molecule has 12 nitrogen and oxygen atoms in total. The normalized spacial score (nSPS) is 28.5. The Labute approximate surface area is 366 Å². The number of ether oxygens (including phenoxy) is 9. The number of carbonyl (C=O) groups is 1. The number of hydrogen-bond acceptors (Lipinski definition) is 11. The lowest BCUT2D eigenvalue weighted by molar-refractivity contribution is -0.381. The van der Waals surface area contributed by atoms with Crippen molar-refractivity contribution in [1.82, 2.24) is 5.32 Å². The van der Waals surface area contributed by atoms with Gasteiger partial charge in [0.05, 0.1) is 33.0 Å². The standard InChI is InChI=1S/C50H63NO11/c1-3-4-5-6-7-20-29-55-49-42(51-35(2)52)46(45-41(59-49)34-58-48(61-45)39-27-18-11-19-28-39)62-50-43(53)47(57-32-38-25-16-10-17-26-38)44(56-31-37-23-14-9-15-24-37)40(60-50)33-54-30-36-21-12-8-13-22-36/h8-19,21-28,40-50,53H,3-7,20,29-34H2,1-2H3,(H,51,52)/t40-,41-,42-,43-,44+,45-,46-,47-,48-,49-,50+/m1/s1. The van der Waals surface area contributed by atoms with Gasteiger partial charge in [-0.2, -0.15) is 0 Å². The van der Waals surface area contributed by atoms with Gasteiger partial charge in [-0.3, -0.25) is 4.79 Å². The molecule has 0 radical (unpaired) electrons. The third kappa shape index (κ3) is 13.0. The van der Waals surface area contributed by atoms with E-state index in [1.807, 2.05) is 121 Å². The summed E-state index contributed by atoms with van der Waals surface area (Å²) >= 11 is 0. The predicted octanol–water partition coefficient (Wildman–Crippen LogP) is 7.57. The molecule has 3 fully saturated rings. The van der Waals surface area contributed by atoms with Gasteiger partial charge in [0.25, 0.3) is 0 Å². The molecule has 3 saturated heterocycles. The Bertz CT molecular complexity index is 1860. The van der Waals surface area contributed by atoms with Gasteiger partial charge in [0.1, 0.15) is 48.8 Å². The van der Waals surface area contributed by atoms with Crippen molar-refractivity contribution in [3.05, 3.63) is 144 Å². The minimum absolute atomic E-state index is 0.103. The third-order valence-corrected chi connectivity index (χ3v) is 11.4. The molecule has 3 aliphatic heterocycles. The van der Waals surface area contributed by atoms with Crippen LogP contribution in [-0.4, -0.2) is 92.2 Å². The molecule has 0 aromatic heterocycles. The number of hydrogen-bond donors (Lipinski definition) is 2. The van der Waals surface area contributed by atoms with Gasteiger partial charge in [0.2, 0.25) is 5.91 Å². The molecule has 1 amide bonds. The Kier molecular flexibility index (Phi) is 17.9. The molecule has 0 saturated carbocycles. The second kappa shape index (κ2) is 24.1. The second-order valence-electron chi connectivity index (χ2n) is 16.2. The number of carbonyl (C=O) groups excluding carboxylic acids is 1. The van der Waals surface area contributed by atoms with Crippen molar-refractivity contribution in [1.29, 1.82) is 0 Å². The van der Waals surface area contributed by atoms with E-state index in [0.717, 1.165) is 41.5 Å². The van der Waals surface area contributed by atoms with Crippen LogP contribution in [0.5, 0.6) is 0 Å². The van der Waals surface area contributed by atoms with Crippen molar-refractivity contribution < 1.29 is 52.5 Å². The summed E-state index contributed by atoms with van der Waals surface area (Å²) in [5.74, 6) is -0.304. The number of aliphatic hydroxyl groups excluding tert-OH is 1. The Balaban J connectivity index is 1.18. The lowest BCUT2D eigenvalue weighted by Crippen LogP contribution is -2.69. The van der Waals surface area contributed by atoms with Crippen LogP contribution < -0.4 is 5.32 Å². The maximum absolute atomic E-state index is 13.0. The number of benzene rings is 4. The summed E-state index contributed by atoms with van der Waals surface area (Å²) in [7, 11) is 0. The summed E-state index contributed by atoms with van der Waals surface area (Å²) < 4.78 is 59.2. The molecule has 12 heteroatoms. The highest BCUT2D eigenvalue weighted by Gasteiger charge is 2.55. The first-order chi connectivity index (χ1) is 30.5. The summed E-state index contributed by atoms with van der Waals surface area (Å²) in [5, 5.41) is 15.5. The molecule has 4 aromatic carbocycles. The van der Waals surface area contributed by atoms with Gasteiger partial charge >= 0.3 is 0 Å². The zero-order valence-electron chi connectivity index (χ0n) is 35.9. The van der Waals surface area contributed by atoms with Crippen LogP contribution in [0.2, 0.25) is 0 Å². The van der Waals surface area contributed by atoms with E-state index < -0.39 is 67.6 Å². The highest BCUT2D eigenvalue weighted by molar-refractivity contribution is 5.73. The van der Waals surface area contributed by atoms with Gasteiger partial charge in [0.15, 0.2) is 18.9 Å². The Morgan fingerprint density at radius 1 is 0.661 bits per heavy atom. The Morgan fingerprint density at radius 2 is 1.24 bits per heavy atom. The van der Waals surface area contributed by atoms with Gasteiger partial charge in [0, 0.05) is 19.1 Å². The Hall–Kier alpha value is -4.05. The number of amides is 1. The van der Waals surface area contributed by atoms with E-state index in [2.05, 4.69) is 12.2 Å². The van der Waals surface area contributed by atoms with Crippen molar-refractivity contribution in [2.75, 3.05) is 19.8 Å². The Morgan fingerprint density at radius 3 is 1.87 bits per heavy atom. The number of aliphatic hydroxyl groups is 1. The fourth-order valence-corrected chi connectivity index (χ4v) is 8.21. The fourth-order valence-electron chi connectivity index (χ4n) is 8.21. The molecule has 7 rings (SSSR count). The van der Waals surface area contributed by atoms with E-state index in [-0.39, 0.29) is 32.3 Å². The monoisotopic (exact) mass is 853 g/mol. The minimum Gasteiger partial charge on any atom is -0.385 e. The zero-order valence-corrected chi connectivity index (χ0v) is 35.9. The summed E-state index contributed by atoms with van der Waals surface area (Å²) in [6.45, 7) is 5.12. The van der Waals surface area contributed by atoms with Crippen LogP contribution in [0.1, 0.15) is 80.9 Å². The van der Waals surface area contributed by atoms with Crippen LogP contribution in [0.4, 0.5) is 0 Å². The molecule has 0 aliphatic carbocycles. The van der Waals surface area contributed by atoms with Crippen molar-refractivity contribution in [3.8, 4) is 0 Å². The van der Waals surface area contributed by atoms with Crippen LogP contribution >= 0.6 is 0 Å². The van der Waals surface area contributed by atoms with E-state index in [1.165, 1.54) is 26.2 Å². The maximum atomic E-state index is 13.0. The van der Waals surface area contributed by atoms with E-state index in [0.29, 0.717) is 13.2 Å². The predicted molar refractivity (Wildman–Crippen MR) is 231 cm³/mol. The molecule has 3 heterocycles. The van der Waals surface area contributed by atoms with Crippen molar-refractivity contribution in [3.63, 3.8) is 0 Å². The molecule has 0 spiro atoms. The summed E-state index contributed by atoms with van der Waals surface area (Å²) in [5.41, 5.74) is 3.69. The molecule has 3 aliphatic rings. The van der Waals surface area contributed by atoms with Crippen molar-refractivity contribution in [2.45, 2.75) is 140 Å². The molecule has 0 bridgehead atoms. The largest absolute Gasteiger partial charge is 0.385 e. The summed E-state index contributed by atoms with van der Waals surface area (Å²) in [4.78, 5) is 13.0. The quantitative estimate of drug-likeness (QED) is 0.0760. The van der Waals surface area contributed by atoms with Crippen LogP contribution in [0, 0.1) is 0 Å². The number of unbranched alkanes of at least 4 members (excludes halogenated alkanes) is 5. The molecule has 4 aromatic rings. The van der Waals surface area contributed by atoms with Gasteiger partial charge in [-0.15, -0.1) is 0 Å². The minimum atomic E-state index is -1.35. The van der Waals surface area contributed by atoms with Gasteiger partial charge in [-0.05, 0) is 23.1 Å². The lowest BCUT2D eigenvalue weighted by Gasteiger charge is -2.51. The van der Waals surface area contributed by atoms with Gasteiger partial charge in [-0.25, -0.2) is 0 Å². The maximum Gasteiger partial charge on any atom is 0.217 e. The second-order valence-corrected chi connectivity index (χ2v) is 16.2. The topological polar surface area (TPSA) is 132 Å². The molecule has 2 N–H and O–H groups in total. The van der Waals surface area contributed by atoms with E-state index in [4.69, 9.17) is 42.6 Å². The summed E-state index contributed by atoms with van der Waals surface area (Å²) in [6.07, 6.45) is -2.51. The zero-order chi connectivity index (χ0) is 42.9. The number of rotatable bonds is 22. The molecular weight excluding hydrogens is 791 g/mol. The van der Waals surface area contributed by atoms with Crippen molar-refractivity contribution in [2.24, 2.45) is 0 Å². The number of nitrogens with one attached hydrogen (secondary N) is 1. The van der Waals surface area contributed by atoms with E-state index in [1.54, 1.807) is 0 Å². The van der Waals surface area contributed by atoms with E-state index >= 15 is 0 Å². The smallest absolute Gasteiger partial charge is 0.217 e. The molecule has 62 heavy (non-hydrogen) atoms. The van der Waals surface area contributed by atoms with Crippen LogP contribution in [-0.2, 0) is 67.2 Å². The van der Waals surface area contributed by atoms with Crippen LogP contribution in [0.15, 0.2) is 121 Å². The highest BCUT2D eigenvalue weighted by Crippen LogP contribution is 2.38. The average Bonchev–Trinajstić information content (AvgIpc) is 3.30. The molecule has 0 unspecified atom stereocenters. The number of fused-ring (bicyclic) bond motifs is 1. The highest BCUT2D eigenvalue weighted by atomic mass is 16.8. The molecule has 334 valence electrons. The first-order valence-electron chi connectivity index (χ1n) is 22.2. The van der Waals surface area contributed by atoms with Crippen molar-refractivity contribution >= 4 is 5.91 Å². The van der Waals surface area contributed by atoms with Crippen LogP contribution in [0.25, 0.3) is 0 Å². The lowest BCUT2D eigenvalue weighted by atomic mass is 9.94. The summed E-state index contributed by atoms with van der Waals surface area (Å²) in [6, 6.07) is 38.3. The fraction of sp³-hybridized carbons (Fsp3) is 0.500. The van der Waals surface area contributed by atoms with E-state index in [9.17, 15) is 9.90 Å².